The maximum absolute atomic E-state index is 11.8. The van der Waals surface area contributed by atoms with Crippen LogP contribution in [0.1, 0.15) is 29.0 Å². The number of hydrogen-bond acceptors (Lipinski definition) is 4. The average molecular weight is 288 g/mol. The molecule has 0 aliphatic heterocycles. The third-order valence-corrected chi connectivity index (χ3v) is 3.03. The predicted molar refractivity (Wildman–Crippen MR) is 77.3 cm³/mol. The van der Waals surface area contributed by atoms with E-state index in [2.05, 4.69) is 6.58 Å². The highest BCUT2D eigenvalue weighted by atomic mass is 16.5. The molecular formula is C16H16O5. The van der Waals surface area contributed by atoms with E-state index >= 15 is 0 Å². The van der Waals surface area contributed by atoms with Gasteiger partial charge in [0.1, 0.15) is 5.58 Å². The van der Waals surface area contributed by atoms with Crippen molar-refractivity contribution in [1.82, 2.24) is 0 Å². The first-order valence-corrected chi connectivity index (χ1v) is 6.63. The average Bonchev–Trinajstić information content (AvgIpc) is 2.83. The topological polar surface area (TPSA) is 76.7 Å². The number of carboxylic acid groups (broad SMARTS) is 1. The van der Waals surface area contributed by atoms with E-state index in [1.165, 1.54) is 0 Å². The Kier molecular flexibility index (Phi) is 4.77. The van der Waals surface area contributed by atoms with Gasteiger partial charge in [-0.3, -0.25) is 4.79 Å². The number of benzene rings is 1. The number of carbonyl (C=O) groups is 2. The Bertz CT molecular complexity index is 668. The lowest BCUT2D eigenvalue weighted by Gasteiger charge is -2.03. The minimum Gasteiger partial charge on any atom is -0.475 e. The molecule has 110 valence electrons. The van der Waals surface area contributed by atoms with E-state index < -0.39 is 11.9 Å². The fraction of sp³-hybridized carbons (Fsp3) is 0.250. The van der Waals surface area contributed by atoms with Gasteiger partial charge in [0.15, 0.2) is 0 Å². The molecule has 0 saturated carbocycles. The molecule has 0 fully saturated rings. The SMILES string of the molecule is C=CCCCOC(=O)Cc1c(C(=O)O)oc2ccccc12. The lowest BCUT2D eigenvalue weighted by molar-refractivity contribution is -0.142. The van der Waals surface area contributed by atoms with Crippen molar-refractivity contribution in [3.8, 4) is 0 Å². The molecule has 5 nitrogen and oxygen atoms in total. The quantitative estimate of drug-likeness (QED) is 0.481. The highest BCUT2D eigenvalue weighted by Crippen LogP contribution is 2.26. The summed E-state index contributed by atoms with van der Waals surface area (Å²) in [5, 5.41) is 9.79. The predicted octanol–water partition coefficient (Wildman–Crippen LogP) is 3.18. The minimum absolute atomic E-state index is 0.118. The number of aromatic carboxylic acids is 1. The Hall–Kier alpha value is -2.56. The van der Waals surface area contributed by atoms with Crippen molar-refractivity contribution < 1.29 is 23.8 Å². The van der Waals surface area contributed by atoms with Gasteiger partial charge in [-0.15, -0.1) is 6.58 Å². The fourth-order valence-electron chi connectivity index (χ4n) is 2.06. The maximum Gasteiger partial charge on any atom is 0.372 e. The number of hydrogen-bond donors (Lipinski definition) is 1. The molecule has 0 atom stereocenters. The Morgan fingerprint density at radius 2 is 2.10 bits per heavy atom. The number of carbonyl (C=O) groups excluding carboxylic acids is 1. The largest absolute Gasteiger partial charge is 0.475 e. The van der Waals surface area contributed by atoms with Crippen molar-refractivity contribution in [2.24, 2.45) is 0 Å². The molecular weight excluding hydrogens is 272 g/mol. The molecule has 1 heterocycles. The third kappa shape index (κ3) is 3.51. The van der Waals surface area contributed by atoms with Crippen molar-refractivity contribution in [2.45, 2.75) is 19.3 Å². The van der Waals surface area contributed by atoms with Crippen LogP contribution >= 0.6 is 0 Å². The van der Waals surface area contributed by atoms with Gasteiger partial charge >= 0.3 is 11.9 Å². The number of rotatable bonds is 7. The number of ether oxygens (including phenoxy) is 1. The van der Waals surface area contributed by atoms with Gasteiger partial charge in [-0.25, -0.2) is 4.79 Å². The molecule has 0 bridgehead atoms. The zero-order chi connectivity index (χ0) is 15.2. The third-order valence-electron chi connectivity index (χ3n) is 3.03. The maximum atomic E-state index is 11.8. The number of para-hydroxylation sites is 1. The monoisotopic (exact) mass is 288 g/mol. The first-order valence-electron chi connectivity index (χ1n) is 6.63. The van der Waals surface area contributed by atoms with Crippen LogP contribution in [0.2, 0.25) is 0 Å². The van der Waals surface area contributed by atoms with Gasteiger partial charge in [0.25, 0.3) is 0 Å². The fourth-order valence-corrected chi connectivity index (χ4v) is 2.06. The summed E-state index contributed by atoms with van der Waals surface area (Å²) in [6.45, 7) is 3.88. The summed E-state index contributed by atoms with van der Waals surface area (Å²) in [5.74, 6) is -1.87. The van der Waals surface area contributed by atoms with Gasteiger partial charge in [-0.2, -0.15) is 0 Å². The highest BCUT2D eigenvalue weighted by molar-refractivity contribution is 5.97. The summed E-state index contributed by atoms with van der Waals surface area (Å²) in [4.78, 5) is 23.0. The standard InChI is InChI=1S/C16H16O5/c1-2-3-6-9-20-14(17)10-12-11-7-4-5-8-13(11)21-15(12)16(18)19/h2,4-5,7-8H,1,3,6,9-10H2,(H,18,19). The molecule has 0 radical (unpaired) electrons. The smallest absolute Gasteiger partial charge is 0.372 e. The van der Waals surface area contributed by atoms with Gasteiger partial charge < -0.3 is 14.3 Å². The van der Waals surface area contributed by atoms with Crippen LogP contribution in [0.5, 0.6) is 0 Å². The van der Waals surface area contributed by atoms with Crippen molar-refractivity contribution in [1.29, 1.82) is 0 Å². The molecule has 1 aromatic heterocycles. The van der Waals surface area contributed by atoms with Crippen molar-refractivity contribution >= 4 is 22.9 Å². The van der Waals surface area contributed by atoms with E-state index in [0.29, 0.717) is 29.6 Å². The molecule has 0 saturated heterocycles. The van der Waals surface area contributed by atoms with Crippen molar-refractivity contribution in [3.05, 3.63) is 48.2 Å². The number of fused-ring (bicyclic) bond motifs is 1. The van der Waals surface area contributed by atoms with Crippen LogP contribution in [0.4, 0.5) is 0 Å². The second-order valence-corrected chi connectivity index (χ2v) is 4.54. The molecule has 1 N–H and O–H groups in total. The van der Waals surface area contributed by atoms with Crippen LogP contribution in [0.3, 0.4) is 0 Å². The van der Waals surface area contributed by atoms with E-state index in [-0.39, 0.29) is 12.2 Å². The molecule has 2 rings (SSSR count). The molecule has 0 aliphatic carbocycles. The summed E-state index contributed by atoms with van der Waals surface area (Å²) in [7, 11) is 0. The van der Waals surface area contributed by atoms with Crippen LogP contribution in [0, 0.1) is 0 Å². The molecule has 0 unspecified atom stereocenters. The van der Waals surface area contributed by atoms with Gasteiger partial charge in [0, 0.05) is 10.9 Å². The minimum atomic E-state index is -1.19. The second kappa shape index (κ2) is 6.74. The first kappa shape index (κ1) is 14.8. The summed E-state index contributed by atoms with van der Waals surface area (Å²) in [6, 6.07) is 6.91. The van der Waals surface area contributed by atoms with Crippen LogP contribution < -0.4 is 0 Å². The van der Waals surface area contributed by atoms with Crippen LogP contribution in [0.15, 0.2) is 41.3 Å². The Morgan fingerprint density at radius 3 is 2.81 bits per heavy atom. The molecule has 1 aromatic carbocycles. The van der Waals surface area contributed by atoms with Crippen LogP contribution in [0.25, 0.3) is 11.0 Å². The summed E-state index contributed by atoms with van der Waals surface area (Å²) >= 11 is 0. The number of furan rings is 1. The number of allylic oxidation sites excluding steroid dienone is 1. The van der Waals surface area contributed by atoms with E-state index in [4.69, 9.17) is 14.3 Å². The van der Waals surface area contributed by atoms with Crippen LogP contribution in [-0.2, 0) is 16.0 Å². The molecule has 0 spiro atoms. The normalized spacial score (nSPS) is 10.5. The molecule has 5 heteroatoms. The van der Waals surface area contributed by atoms with E-state index in [0.717, 1.165) is 6.42 Å². The lowest BCUT2D eigenvalue weighted by atomic mass is 10.1. The Morgan fingerprint density at radius 1 is 1.33 bits per heavy atom. The van der Waals surface area contributed by atoms with Gasteiger partial charge in [0.2, 0.25) is 5.76 Å². The summed E-state index contributed by atoms with van der Waals surface area (Å²) < 4.78 is 10.4. The number of esters is 1. The van der Waals surface area contributed by atoms with Crippen molar-refractivity contribution in [2.75, 3.05) is 6.61 Å². The zero-order valence-corrected chi connectivity index (χ0v) is 11.5. The van der Waals surface area contributed by atoms with Gasteiger partial charge in [-0.05, 0) is 18.9 Å². The zero-order valence-electron chi connectivity index (χ0n) is 11.5. The van der Waals surface area contributed by atoms with E-state index in [1.54, 1.807) is 30.3 Å². The van der Waals surface area contributed by atoms with E-state index in [9.17, 15) is 9.59 Å². The number of carboxylic acids is 1. The van der Waals surface area contributed by atoms with Gasteiger partial charge in [-0.1, -0.05) is 24.3 Å². The summed E-state index contributed by atoms with van der Waals surface area (Å²) in [6.07, 6.45) is 3.10. The van der Waals surface area contributed by atoms with Crippen molar-refractivity contribution in [3.63, 3.8) is 0 Å². The first-order chi connectivity index (χ1) is 10.1. The Balaban J connectivity index is 2.16. The number of unbranched alkanes of at least 4 members (excludes halogenated alkanes) is 1. The second-order valence-electron chi connectivity index (χ2n) is 4.54. The van der Waals surface area contributed by atoms with Crippen LogP contribution in [-0.4, -0.2) is 23.7 Å². The summed E-state index contributed by atoms with van der Waals surface area (Å²) in [5.41, 5.74) is 0.802. The van der Waals surface area contributed by atoms with E-state index in [1.807, 2.05) is 0 Å². The highest BCUT2D eigenvalue weighted by Gasteiger charge is 2.22. The molecule has 0 amide bonds. The lowest BCUT2D eigenvalue weighted by Crippen LogP contribution is -2.11. The van der Waals surface area contributed by atoms with Gasteiger partial charge in [0.05, 0.1) is 13.0 Å². The molecule has 21 heavy (non-hydrogen) atoms. The molecule has 0 aliphatic rings. The molecule has 2 aromatic rings. The Labute approximate surface area is 121 Å².